The first-order valence-electron chi connectivity index (χ1n) is 6.75. The van der Waals surface area contributed by atoms with Crippen molar-refractivity contribution in [2.75, 3.05) is 0 Å². The van der Waals surface area contributed by atoms with Crippen LogP contribution in [0.4, 0.5) is 0 Å². The van der Waals surface area contributed by atoms with Gasteiger partial charge in [0.2, 0.25) is 5.91 Å². The molecule has 0 radical (unpaired) electrons. The molecule has 2 aliphatic carbocycles. The fourth-order valence-corrected chi connectivity index (χ4v) is 2.66. The van der Waals surface area contributed by atoms with Crippen LogP contribution < -0.4 is 11.1 Å². The average molecular weight is 224 g/mol. The molecule has 0 bridgehead atoms. The van der Waals surface area contributed by atoms with E-state index >= 15 is 0 Å². The summed E-state index contributed by atoms with van der Waals surface area (Å²) in [6.45, 7) is 2.16. The molecule has 3 N–H and O–H groups in total. The van der Waals surface area contributed by atoms with E-state index < -0.39 is 0 Å². The van der Waals surface area contributed by atoms with Gasteiger partial charge in [0, 0.05) is 18.0 Å². The normalized spacial score (nSPS) is 31.4. The van der Waals surface area contributed by atoms with Gasteiger partial charge in [-0.25, -0.2) is 0 Å². The van der Waals surface area contributed by atoms with Crippen LogP contribution in [-0.4, -0.2) is 18.0 Å². The molecule has 3 heteroatoms. The lowest BCUT2D eigenvalue weighted by atomic mass is 10.0. The number of carbonyl (C=O) groups excluding carboxylic acids is 1. The van der Waals surface area contributed by atoms with Gasteiger partial charge in [-0.1, -0.05) is 19.8 Å². The van der Waals surface area contributed by atoms with Gasteiger partial charge >= 0.3 is 0 Å². The summed E-state index contributed by atoms with van der Waals surface area (Å²) in [4.78, 5) is 12.0. The van der Waals surface area contributed by atoms with Crippen molar-refractivity contribution in [3.05, 3.63) is 0 Å². The predicted molar refractivity (Wildman–Crippen MR) is 64.9 cm³/mol. The standard InChI is InChI=1S/C13H24N2O/c1-2-12(7-9-3-4-9)15-13(16)10-5-6-11(14)8-10/h9-12H,2-8,14H2,1H3,(H,15,16). The Morgan fingerprint density at radius 1 is 1.38 bits per heavy atom. The highest BCUT2D eigenvalue weighted by Gasteiger charge is 2.30. The smallest absolute Gasteiger partial charge is 0.223 e. The SMILES string of the molecule is CCC(CC1CC1)NC(=O)C1CCC(N)C1. The highest BCUT2D eigenvalue weighted by atomic mass is 16.1. The third kappa shape index (κ3) is 3.21. The maximum Gasteiger partial charge on any atom is 0.223 e. The van der Waals surface area contributed by atoms with E-state index in [1.165, 1.54) is 19.3 Å². The van der Waals surface area contributed by atoms with Crippen molar-refractivity contribution in [3.8, 4) is 0 Å². The van der Waals surface area contributed by atoms with Crippen LogP contribution in [0.1, 0.15) is 51.9 Å². The van der Waals surface area contributed by atoms with E-state index in [1.807, 2.05) is 0 Å². The fraction of sp³-hybridized carbons (Fsp3) is 0.923. The Labute approximate surface area is 98.2 Å². The van der Waals surface area contributed by atoms with Gasteiger partial charge in [0.15, 0.2) is 0 Å². The molecule has 0 aromatic carbocycles. The fourth-order valence-electron chi connectivity index (χ4n) is 2.66. The molecule has 0 spiro atoms. The molecule has 92 valence electrons. The van der Waals surface area contributed by atoms with Crippen molar-refractivity contribution in [3.63, 3.8) is 0 Å². The zero-order valence-corrected chi connectivity index (χ0v) is 10.2. The summed E-state index contributed by atoms with van der Waals surface area (Å²) < 4.78 is 0. The van der Waals surface area contributed by atoms with Gasteiger partial charge in [-0.3, -0.25) is 4.79 Å². The summed E-state index contributed by atoms with van der Waals surface area (Å²) in [5.41, 5.74) is 5.84. The van der Waals surface area contributed by atoms with Crippen LogP contribution in [0.5, 0.6) is 0 Å². The number of hydrogen-bond acceptors (Lipinski definition) is 2. The third-order valence-electron chi connectivity index (χ3n) is 4.00. The van der Waals surface area contributed by atoms with Gasteiger partial charge < -0.3 is 11.1 Å². The van der Waals surface area contributed by atoms with Gasteiger partial charge in [0.05, 0.1) is 0 Å². The summed E-state index contributed by atoms with van der Waals surface area (Å²) in [6.07, 6.45) is 7.83. The topological polar surface area (TPSA) is 55.1 Å². The summed E-state index contributed by atoms with van der Waals surface area (Å²) in [7, 11) is 0. The Kier molecular flexibility index (Phi) is 3.85. The number of hydrogen-bond donors (Lipinski definition) is 2. The molecular formula is C13H24N2O. The molecule has 2 fully saturated rings. The molecule has 3 unspecified atom stereocenters. The zero-order valence-electron chi connectivity index (χ0n) is 10.2. The molecule has 0 heterocycles. The Morgan fingerprint density at radius 3 is 2.62 bits per heavy atom. The van der Waals surface area contributed by atoms with E-state index in [4.69, 9.17) is 5.73 Å². The maximum absolute atomic E-state index is 12.0. The molecule has 0 aromatic rings. The second kappa shape index (κ2) is 5.17. The number of rotatable bonds is 5. The Morgan fingerprint density at radius 2 is 2.12 bits per heavy atom. The van der Waals surface area contributed by atoms with E-state index in [-0.39, 0.29) is 17.9 Å². The molecule has 1 amide bonds. The number of amides is 1. The van der Waals surface area contributed by atoms with Crippen molar-refractivity contribution in [1.29, 1.82) is 0 Å². The minimum atomic E-state index is 0.184. The lowest BCUT2D eigenvalue weighted by Crippen LogP contribution is -2.38. The highest BCUT2D eigenvalue weighted by Crippen LogP contribution is 2.34. The average Bonchev–Trinajstić information content (AvgIpc) is 2.97. The molecule has 3 nitrogen and oxygen atoms in total. The van der Waals surface area contributed by atoms with Crippen molar-refractivity contribution in [2.24, 2.45) is 17.6 Å². The second-order valence-corrected chi connectivity index (χ2v) is 5.56. The van der Waals surface area contributed by atoms with Gasteiger partial charge in [0.1, 0.15) is 0 Å². The Balaban J connectivity index is 1.75. The van der Waals surface area contributed by atoms with Crippen LogP contribution >= 0.6 is 0 Å². The van der Waals surface area contributed by atoms with E-state index in [2.05, 4.69) is 12.2 Å². The first-order valence-corrected chi connectivity index (χ1v) is 6.75. The molecule has 3 atom stereocenters. The Hall–Kier alpha value is -0.570. The quantitative estimate of drug-likeness (QED) is 0.748. The monoisotopic (exact) mass is 224 g/mol. The van der Waals surface area contributed by atoms with Crippen LogP contribution in [0.15, 0.2) is 0 Å². The molecule has 2 aliphatic rings. The first-order chi connectivity index (χ1) is 7.69. The molecule has 0 aliphatic heterocycles. The van der Waals surface area contributed by atoms with Crippen molar-refractivity contribution < 1.29 is 4.79 Å². The summed E-state index contributed by atoms with van der Waals surface area (Å²) >= 11 is 0. The summed E-state index contributed by atoms with van der Waals surface area (Å²) in [6, 6.07) is 0.649. The maximum atomic E-state index is 12.0. The second-order valence-electron chi connectivity index (χ2n) is 5.56. The predicted octanol–water partition coefficient (Wildman–Crippen LogP) is 1.81. The molecule has 2 saturated carbocycles. The third-order valence-corrected chi connectivity index (χ3v) is 4.00. The van der Waals surface area contributed by atoms with Gasteiger partial charge in [-0.05, 0) is 38.0 Å². The van der Waals surface area contributed by atoms with Crippen molar-refractivity contribution in [1.82, 2.24) is 5.32 Å². The van der Waals surface area contributed by atoms with Crippen LogP contribution in [0.25, 0.3) is 0 Å². The zero-order chi connectivity index (χ0) is 11.5. The van der Waals surface area contributed by atoms with Gasteiger partial charge in [-0.2, -0.15) is 0 Å². The first kappa shape index (κ1) is 11.9. The molecular weight excluding hydrogens is 200 g/mol. The molecule has 0 aromatic heterocycles. The van der Waals surface area contributed by atoms with Crippen LogP contribution in [0, 0.1) is 11.8 Å². The van der Waals surface area contributed by atoms with Gasteiger partial charge in [-0.15, -0.1) is 0 Å². The van der Waals surface area contributed by atoms with Crippen molar-refractivity contribution in [2.45, 2.75) is 64.0 Å². The minimum absolute atomic E-state index is 0.184. The number of nitrogens with one attached hydrogen (secondary N) is 1. The minimum Gasteiger partial charge on any atom is -0.353 e. The number of carbonyl (C=O) groups is 1. The van der Waals surface area contributed by atoms with Gasteiger partial charge in [0.25, 0.3) is 0 Å². The number of nitrogens with two attached hydrogens (primary N) is 1. The highest BCUT2D eigenvalue weighted by molar-refractivity contribution is 5.79. The lowest BCUT2D eigenvalue weighted by molar-refractivity contribution is -0.125. The van der Waals surface area contributed by atoms with Crippen molar-refractivity contribution >= 4 is 5.91 Å². The Bertz CT molecular complexity index is 250. The van der Waals surface area contributed by atoms with E-state index in [1.54, 1.807) is 0 Å². The van der Waals surface area contributed by atoms with E-state index in [0.717, 1.165) is 31.6 Å². The molecule has 0 saturated heterocycles. The van der Waals surface area contributed by atoms with Crippen LogP contribution in [-0.2, 0) is 4.79 Å². The van der Waals surface area contributed by atoms with E-state index in [0.29, 0.717) is 6.04 Å². The van der Waals surface area contributed by atoms with Crippen LogP contribution in [0.3, 0.4) is 0 Å². The van der Waals surface area contributed by atoms with E-state index in [9.17, 15) is 4.79 Å². The summed E-state index contributed by atoms with van der Waals surface area (Å²) in [5, 5.41) is 3.21. The van der Waals surface area contributed by atoms with Crippen LogP contribution in [0.2, 0.25) is 0 Å². The molecule has 2 rings (SSSR count). The molecule has 16 heavy (non-hydrogen) atoms. The summed E-state index contributed by atoms with van der Waals surface area (Å²) in [5.74, 6) is 1.32. The lowest BCUT2D eigenvalue weighted by Gasteiger charge is -2.19. The largest absolute Gasteiger partial charge is 0.353 e.